The summed E-state index contributed by atoms with van der Waals surface area (Å²) in [6.45, 7) is 0.108. The molecule has 0 bridgehead atoms. The van der Waals surface area contributed by atoms with E-state index in [4.69, 9.17) is 21.1 Å². The lowest BCUT2D eigenvalue weighted by Crippen LogP contribution is -2.47. The van der Waals surface area contributed by atoms with Crippen LogP contribution in [-0.2, 0) is 4.79 Å². The first kappa shape index (κ1) is 22.9. The summed E-state index contributed by atoms with van der Waals surface area (Å²) < 4.78 is 13.0. The Kier molecular flexibility index (Phi) is 5.40. The van der Waals surface area contributed by atoms with E-state index in [-0.39, 0.29) is 37.2 Å². The van der Waals surface area contributed by atoms with Crippen molar-refractivity contribution in [1.29, 1.82) is 0 Å². The maximum Gasteiger partial charge on any atom is 0.254 e. The van der Waals surface area contributed by atoms with Crippen molar-refractivity contribution in [3.05, 3.63) is 107 Å². The van der Waals surface area contributed by atoms with Crippen LogP contribution in [0.5, 0.6) is 11.5 Å². The molecule has 4 aromatic rings. The molecule has 2 amide bonds. The Hall–Kier alpha value is -4.23. The number of benzene rings is 3. The Balaban J connectivity index is 1.27. The van der Waals surface area contributed by atoms with Gasteiger partial charge in [-0.15, -0.1) is 0 Å². The van der Waals surface area contributed by atoms with Gasteiger partial charge in [-0.1, -0.05) is 35.9 Å². The predicted molar refractivity (Wildman–Crippen MR) is 143 cm³/mol. The monoisotopic (exact) mass is 525 g/mol. The quantitative estimate of drug-likeness (QED) is 0.340. The molecule has 1 saturated carbocycles. The zero-order valence-corrected chi connectivity index (χ0v) is 21.2. The maximum absolute atomic E-state index is 14.3. The fourth-order valence-corrected chi connectivity index (χ4v) is 5.52. The van der Waals surface area contributed by atoms with E-state index in [1.165, 1.54) is 0 Å². The van der Waals surface area contributed by atoms with Gasteiger partial charge >= 0.3 is 0 Å². The van der Waals surface area contributed by atoms with Crippen LogP contribution in [0.1, 0.15) is 40.5 Å². The molecule has 3 aromatic carbocycles. The Labute approximate surface area is 224 Å². The average molecular weight is 526 g/mol. The highest BCUT2D eigenvalue weighted by Crippen LogP contribution is 2.43. The van der Waals surface area contributed by atoms with Crippen molar-refractivity contribution in [3.8, 4) is 17.2 Å². The number of hydrogen-bond donors (Lipinski definition) is 0. The van der Waals surface area contributed by atoms with E-state index >= 15 is 0 Å². The molecule has 0 radical (unpaired) electrons. The van der Waals surface area contributed by atoms with E-state index in [0.29, 0.717) is 22.1 Å². The Bertz CT molecular complexity index is 1560. The van der Waals surface area contributed by atoms with Gasteiger partial charge < -0.3 is 18.9 Å². The van der Waals surface area contributed by atoms with Crippen molar-refractivity contribution < 1.29 is 19.1 Å². The zero-order chi connectivity index (χ0) is 25.8. The molecular formula is C30H24ClN3O4. The third-order valence-electron chi connectivity index (χ3n) is 7.35. The van der Waals surface area contributed by atoms with Crippen molar-refractivity contribution in [2.75, 3.05) is 18.2 Å². The summed E-state index contributed by atoms with van der Waals surface area (Å²) in [5.74, 6) is 0.836. The molecule has 1 fully saturated rings. The van der Waals surface area contributed by atoms with Crippen LogP contribution < -0.4 is 14.4 Å². The topological polar surface area (TPSA) is 64.0 Å². The molecule has 38 heavy (non-hydrogen) atoms. The van der Waals surface area contributed by atoms with Crippen molar-refractivity contribution >= 4 is 29.1 Å². The van der Waals surface area contributed by atoms with E-state index in [2.05, 4.69) is 4.57 Å². The Morgan fingerprint density at radius 3 is 2.45 bits per heavy atom. The van der Waals surface area contributed by atoms with Gasteiger partial charge in [0, 0.05) is 22.8 Å². The summed E-state index contributed by atoms with van der Waals surface area (Å²) in [7, 11) is 0. The van der Waals surface area contributed by atoms with Gasteiger partial charge in [0.1, 0.15) is 12.6 Å². The molecule has 1 atom stereocenters. The van der Waals surface area contributed by atoms with Crippen LogP contribution in [0.25, 0.3) is 5.69 Å². The van der Waals surface area contributed by atoms with Crippen LogP contribution in [0.3, 0.4) is 0 Å². The molecule has 2 aliphatic heterocycles. The molecule has 0 spiro atoms. The summed E-state index contributed by atoms with van der Waals surface area (Å²) >= 11 is 6.20. The minimum absolute atomic E-state index is 0.0307. The molecule has 3 heterocycles. The van der Waals surface area contributed by atoms with Crippen LogP contribution >= 0.6 is 11.6 Å². The minimum Gasteiger partial charge on any atom is -0.454 e. The first-order chi connectivity index (χ1) is 18.6. The largest absolute Gasteiger partial charge is 0.454 e. The first-order valence-corrected chi connectivity index (χ1v) is 13.0. The number of hydrogen-bond acceptors (Lipinski definition) is 4. The van der Waals surface area contributed by atoms with Gasteiger partial charge in [-0.2, -0.15) is 0 Å². The second-order valence-corrected chi connectivity index (χ2v) is 10.2. The van der Waals surface area contributed by atoms with Crippen LogP contribution in [0.15, 0.2) is 85.1 Å². The van der Waals surface area contributed by atoms with Crippen molar-refractivity contribution in [1.82, 2.24) is 9.47 Å². The standard InChI is InChI=1S/C30H24ClN3O4/c31-21-10-7-19(8-11-21)29-25-6-3-15-32(25)23-4-1-2-5-24(23)34(29)28(35)17-33(22-12-13-22)30(36)20-9-14-26-27(16-20)38-18-37-26/h1-11,14-16,22,29H,12-13,17-18H2. The van der Waals surface area contributed by atoms with Crippen LogP contribution in [0.2, 0.25) is 5.02 Å². The lowest BCUT2D eigenvalue weighted by Gasteiger charge is -2.39. The molecule has 8 heteroatoms. The number of carbonyl (C=O) groups excluding carboxylic acids is 2. The smallest absolute Gasteiger partial charge is 0.254 e. The molecule has 1 aromatic heterocycles. The summed E-state index contributed by atoms with van der Waals surface area (Å²) in [4.78, 5) is 31.5. The van der Waals surface area contributed by atoms with Gasteiger partial charge in [0.25, 0.3) is 5.91 Å². The molecule has 0 N–H and O–H groups in total. The molecule has 7 nitrogen and oxygen atoms in total. The number of anilines is 1. The number of amides is 2. The summed E-state index contributed by atoms with van der Waals surface area (Å²) in [6, 6.07) is 24.3. The van der Waals surface area contributed by atoms with Gasteiger partial charge in [-0.25, -0.2) is 0 Å². The molecule has 1 aliphatic carbocycles. The summed E-state index contributed by atoms with van der Waals surface area (Å²) in [5, 5.41) is 0.632. The summed E-state index contributed by atoms with van der Waals surface area (Å²) in [5.41, 5.74) is 4.12. The molecule has 0 saturated heterocycles. The van der Waals surface area contributed by atoms with E-state index in [0.717, 1.165) is 35.5 Å². The third-order valence-corrected chi connectivity index (χ3v) is 7.60. The number of para-hydroxylation sites is 2. The van der Waals surface area contributed by atoms with Gasteiger partial charge in [0.15, 0.2) is 11.5 Å². The number of nitrogens with zero attached hydrogens (tertiary/aromatic N) is 3. The van der Waals surface area contributed by atoms with Gasteiger partial charge in [-0.3, -0.25) is 14.5 Å². The fourth-order valence-electron chi connectivity index (χ4n) is 5.39. The van der Waals surface area contributed by atoms with E-state index < -0.39 is 0 Å². The number of rotatable bonds is 5. The molecule has 3 aliphatic rings. The highest BCUT2D eigenvalue weighted by atomic mass is 35.5. The molecular weight excluding hydrogens is 502 g/mol. The summed E-state index contributed by atoms with van der Waals surface area (Å²) in [6.07, 6.45) is 3.77. The van der Waals surface area contributed by atoms with Gasteiger partial charge in [0.05, 0.1) is 17.1 Å². The average Bonchev–Trinajstić information content (AvgIpc) is 3.46. The maximum atomic E-state index is 14.3. The molecule has 190 valence electrons. The zero-order valence-electron chi connectivity index (χ0n) is 20.4. The van der Waals surface area contributed by atoms with Gasteiger partial charge in [0.2, 0.25) is 12.7 Å². The van der Waals surface area contributed by atoms with E-state index in [1.54, 1.807) is 23.1 Å². The van der Waals surface area contributed by atoms with E-state index in [1.807, 2.05) is 71.8 Å². The minimum atomic E-state index is -0.369. The SMILES string of the molecule is O=C(c1ccc2c(c1)OCO2)N(CC(=O)N1c2ccccc2-n2cccc2C1c1ccc(Cl)cc1)C1CC1. The van der Waals surface area contributed by atoms with Crippen LogP contribution in [-0.4, -0.2) is 40.7 Å². The lowest BCUT2D eigenvalue weighted by molar-refractivity contribution is -0.119. The van der Waals surface area contributed by atoms with Gasteiger partial charge in [-0.05, 0) is 73.0 Å². The number of halogens is 1. The third kappa shape index (κ3) is 3.82. The molecule has 1 unspecified atom stereocenters. The van der Waals surface area contributed by atoms with Crippen LogP contribution in [0, 0.1) is 0 Å². The predicted octanol–water partition coefficient (Wildman–Crippen LogP) is 5.60. The van der Waals surface area contributed by atoms with Crippen LogP contribution in [0.4, 0.5) is 5.69 Å². The normalized spacial score (nSPS) is 17.1. The number of fused-ring (bicyclic) bond motifs is 4. The number of aromatic nitrogens is 1. The molecule has 7 rings (SSSR count). The van der Waals surface area contributed by atoms with Crippen molar-refractivity contribution in [2.45, 2.75) is 24.9 Å². The number of carbonyl (C=O) groups is 2. The highest BCUT2D eigenvalue weighted by molar-refractivity contribution is 6.30. The van der Waals surface area contributed by atoms with Crippen molar-refractivity contribution in [3.63, 3.8) is 0 Å². The number of ether oxygens (including phenoxy) is 2. The Morgan fingerprint density at radius 1 is 0.895 bits per heavy atom. The van der Waals surface area contributed by atoms with E-state index in [9.17, 15) is 9.59 Å². The van der Waals surface area contributed by atoms with Crippen molar-refractivity contribution in [2.24, 2.45) is 0 Å². The lowest BCUT2D eigenvalue weighted by atomic mass is 9.97. The first-order valence-electron chi connectivity index (χ1n) is 12.6. The Morgan fingerprint density at radius 2 is 1.66 bits per heavy atom. The highest BCUT2D eigenvalue weighted by Gasteiger charge is 2.40. The second kappa shape index (κ2) is 8.96. The second-order valence-electron chi connectivity index (χ2n) is 9.74. The fraction of sp³-hybridized carbons (Fsp3) is 0.200.